The van der Waals surface area contributed by atoms with Gasteiger partial charge in [-0.1, -0.05) is 0 Å². The molecule has 0 spiro atoms. The summed E-state index contributed by atoms with van der Waals surface area (Å²) in [6, 6.07) is 1.38. The Morgan fingerprint density at radius 2 is 1.58 bits per heavy atom. The number of aliphatic imine (C=N–C) groups is 1. The fourth-order valence-corrected chi connectivity index (χ4v) is 1.34. The van der Waals surface area contributed by atoms with Crippen molar-refractivity contribution in [1.29, 1.82) is 0 Å². The largest absolute Gasteiger partial charge is 0.417 e. The zero-order valence-corrected chi connectivity index (χ0v) is 9.87. The second-order valence-corrected chi connectivity index (χ2v) is 3.73. The maximum atomic E-state index is 12.6. The van der Waals surface area contributed by atoms with Crippen molar-refractivity contribution in [3.63, 3.8) is 0 Å². The Labute approximate surface area is 108 Å². The van der Waals surface area contributed by atoms with Crippen LogP contribution in [0.15, 0.2) is 23.2 Å². The van der Waals surface area contributed by atoms with Crippen LogP contribution in [0.1, 0.15) is 11.1 Å². The van der Waals surface area contributed by atoms with E-state index in [1.54, 1.807) is 0 Å². The van der Waals surface area contributed by atoms with Crippen LogP contribution < -0.4 is 5.73 Å². The number of hydrogen-bond donors (Lipinski definition) is 1. The Bertz CT molecular complexity index is 492. The minimum atomic E-state index is -5.15. The summed E-state index contributed by atoms with van der Waals surface area (Å²) in [7, 11) is 0. The van der Waals surface area contributed by atoms with Crippen molar-refractivity contribution in [3.8, 4) is 0 Å². The first-order valence-corrected chi connectivity index (χ1v) is 5.26. The fraction of sp³-hybridized carbons (Fsp3) is 0.300. The van der Waals surface area contributed by atoms with Crippen LogP contribution in [0.5, 0.6) is 0 Å². The van der Waals surface area contributed by atoms with Crippen LogP contribution in [-0.2, 0) is 12.4 Å². The van der Waals surface area contributed by atoms with E-state index in [1.165, 1.54) is 0 Å². The first-order chi connectivity index (χ1) is 8.55. The van der Waals surface area contributed by atoms with Crippen molar-refractivity contribution in [1.82, 2.24) is 0 Å². The van der Waals surface area contributed by atoms with Gasteiger partial charge in [0, 0.05) is 0 Å². The average Bonchev–Trinajstić information content (AvgIpc) is 2.26. The first-order valence-electron chi connectivity index (χ1n) is 4.73. The van der Waals surface area contributed by atoms with Crippen LogP contribution in [0.4, 0.5) is 32.0 Å². The third-order valence-corrected chi connectivity index (χ3v) is 2.30. The highest BCUT2D eigenvalue weighted by molar-refractivity contribution is 6.28. The molecule has 0 saturated heterocycles. The van der Waals surface area contributed by atoms with Crippen LogP contribution in [-0.4, -0.2) is 11.7 Å². The third-order valence-electron chi connectivity index (χ3n) is 2.02. The lowest BCUT2D eigenvalue weighted by Crippen LogP contribution is -2.16. The van der Waals surface area contributed by atoms with E-state index >= 15 is 0 Å². The summed E-state index contributed by atoms with van der Waals surface area (Å²) in [5, 5.41) is 0. The number of nitrogens with two attached hydrogens (primary N) is 1. The Hall–Kier alpha value is -1.44. The van der Waals surface area contributed by atoms with Gasteiger partial charge in [-0.25, -0.2) is 4.99 Å². The predicted molar refractivity (Wildman–Crippen MR) is 58.4 cm³/mol. The summed E-state index contributed by atoms with van der Waals surface area (Å²) in [6.45, 7) is 0. The molecule has 0 bridgehead atoms. The predicted octanol–water partition coefficient (Wildman–Crippen LogP) is 3.95. The fourth-order valence-electron chi connectivity index (χ4n) is 1.28. The monoisotopic (exact) mass is 304 g/mol. The lowest BCUT2D eigenvalue weighted by molar-refractivity contribution is -0.162. The van der Waals surface area contributed by atoms with Gasteiger partial charge in [-0.2, -0.15) is 26.3 Å². The Kier molecular flexibility index (Phi) is 4.34. The molecule has 9 heteroatoms. The number of alkyl halides is 7. The lowest BCUT2D eigenvalue weighted by atomic mass is 10.1. The molecule has 2 nitrogen and oxygen atoms in total. The molecule has 0 aliphatic heterocycles. The van der Waals surface area contributed by atoms with Gasteiger partial charge in [-0.05, 0) is 18.2 Å². The lowest BCUT2D eigenvalue weighted by Gasteiger charge is -2.15. The van der Waals surface area contributed by atoms with Crippen molar-refractivity contribution in [2.24, 2.45) is 10.7 Å². The van der Waals surface area contributed by atoms with Gasteiger partial charge in [0.25, 0.3) is 0 Å². The summed E-state index contributed by atoms with van der Waals surface area (Å²) < 4.78 is 75.1. The van der Waals surface area contributed by atoms with Crippen molar-refractivity contribution < 1.29 is 26.3 Å². The van der Waals surface area contributed by atoms with Gasteiger partial charge in [0.1, 0.15) is 5.84 Å². The number of benzene rings is 1. The highest BCUT2D eigenvalue weighted by Gasteiger charge is 2.43. The van der Waals surface area contributed by atoms with Crippen molar-refractivity contribution in [2.75, 3.05) is 5.88 Å². The average molecular weight is 305 g/mol. The van der Waals surface area contributed by atoms with E-state index in [1.807, 2.05) is 0 Å². The number of nitrogens with zero attached hydrogens (tertiary/aromatic N) is 1. The molecule has 1 aromatic rings. The molecule has 0 fully saturated rings. The van der Waals surface area contributed by atoms with Gasteiger partial charge in [0.05, 0.1) is 22.7 Å². The van der Waals surface area contributed by atoms with Gasteiger partial charge in [-0.15, -0.1) is 11.6 Å². The number of hydrogen-bond acceptors (Lipinski definition) is 1. The molecule has 0 heterocycles. The number of halogens is 7. The summed E-state index contributed by atoms with van der Waals surface area (Å²) in [5.74, 6) is -0.447. The second kappa shape index (κ2) is 5.28. The molecule has 1 aromatic carbocycles. The molecule has 1 rings (SSSR count). The van der Waals surface area contributed by atoms with E-state index in [0.29, 0.717) is 6.07 Å². The molecular formula is C10H7ClF6N2. The molecule has 0 atom stereocenters. The summed E-state index contributed by atoms with van der Waals surface area (Å²) in [5.41, 5.74) is 1.26. The van der Waals surface area contributed by atoms with E-state index in [2.05, 4.69) is 4.99 Å². The van der Waals surface area contributed by atoms with Crippen LogP contribution in [0.25, 0.3) is 0 Å². The number of amidine groups is 1. The molecule has 106 valence electrons. The molecule has 0 amide bonds. The Morgan fingerprint density at radius 1 is 1.05 bits per heavy atom. The molecule has 19 heavy (non-hydrogen) atoms. The topological polar surface area (TPSA) is 38.4 Å². The standard InChI is InChI=1S/C10H7ClF6N2/c11-4-8(18)19-5-1-2-6(9(12,13)14)7(3-5)10(15,16)17/h1-3H,4H2,(H2,18,19). The molecule has 0 saturated carbocycles. The molecule has 0 aliphatic rings. The van der Waals surface area contributed by atoms with E-state index in [9.17, 15) is 26.3 Å². The molecule has 0 aromatic heterocycles. The zero-order chi connectivity index (χ0) is 14.8. The minimum Gasteiger partial charge on any atom is -0.386 e. The smallest absolute Gasteiger partial charge is 0.386 e. The van der Waals surface area contributed by atoms with Gasteiger partial charge in [0.2, 0.25) is 0 Å². The molecule has 0 unspecified atom stereocenters. The SMILES string of the molecule is NC(CCl)=Nc1ccc(C(F)(F)F)c(C(F)(F)F)c1. The quantitative estimate of drug-likeness (QED) is 0.382. The van der Waals surface area contributed by atoms with Gasteiger partial charge < -0.3 is 5.73 Å². The number of rotatable bonds is 2. The highest BCUT2D eigenvalue weighted by Crippen LogP contribution is 2.41. The molecule has 0 radical (unpaired) electrons. The maximum Gasteiger partial charge on any atom is 0.417 e. The van der Waals surface area contributed by atoms with Gasteiger partial charge in [-0.3, -0.25) is 0 Å². The van der Waals surface area contributed by atoms with Crippen molar-refractivity contribution in [3.05, 3.63) is 29.3 Å². The van der Waals surface area contributed by atoms with E-state index < -0.39 is 23.5 Å². The first kappa shape index (κ1) is 15.6. The Balaban J connectivity index is 3.41. The normalized spacial score (nSPS) is 13.7. The summed E-state index contributed by atoms with van der Waals surface area (Å²) in [4.78, 5) is 3.47. The maximum absolute atomic E-state index is 12.6. The second-order valence-electron chi connectivity index (χ2n) is 3.46. The van der Waals surface area contributed by atoms with Gasteiger partial charge in [0.15, 0.2) is 0 Å². The summed E-state index contributed by atoms with van der Waals surface area (Å²) in [6.07, 6.45) is -10.3. The van der Waals surface area contributed by atoms with E-state index in [0.717, 1.165) is 6.07 Å². The van der Waals surface area contributed by atoms with Crippen molar-refractivity contribution >= 4 is 23.1 Å². The van der Waals surface area contributed by atoms with Gasteiger partial charge >= 0.3 is 12.4 Å². The Morgan fingerprint density at radius 3 is 2.00 bits per heavy atom. The van der Waals surface area contributed by atoms with Crippen LogP contribution >= 0.6 is 11.6 Å². The zero-order valence-electron chi connectivity index (χ0n) is 9.11. The highest BCUT2D eigenvalue weighted by atomic mass is 35.5. The van der Waals surface area contributed by atoms with E-state index in [-0.39, 0.29) is 23.5 Å². The summed E-state index contributed by atoms with van der Waals surface area (Å²) >= 11 is 5.28. The van der Waals surface area contributed by atoms with Crippen LogP contribution in [0, 0.1) is 0 Å². The molecular weight excluding hydrogens is 298 g/mol. The third kappa shape index (κ3) is 4.02. The van der Waals surface area contributed by atoms with Crippen LogP contribution in [0.2, 0.25) is 0 Å². The molecule has 2 N–H and O–H groups in total. The molecule has 0 aliphatic carbocycles. The minimum absolute atomic E-state index is 0.199. The van der Waals surface area contributed by atoms with Crippen molar-refractivity contribution in [2.45, 2.75) is 12.4 Å². The van der Waals surface area contributed by atoms with E-state index in [4.69, 9.17) is 17.3 Å². The van der Waals surface area contributed by atoms with Crippen LogP contribution in [0.3, 0.4) is 0 Å².